The van der Waals surface area contributed by atoms with Crippen molar-refractivity contribution < 1.29 is 4.79 Å². The summed E-state index contributed by atoms with van der Waals surface area (Å²) >= 11 is 4.75. The van der Waals surface area contributed by atoms with Crippen LogP contribution >= 0.6 is 12.2 Å². The molecule has 0 atom stereocenters. The largest absolute Gasteiger partial charge is 0.366 e. The third-order valence-corrected chi connectivity index (χ3v) is 1.49. The third-order valence-electron chi connectivity index (χ3n) is 0.955. The van der Waals surface area contributed by atoms with Crippen molar-refractivity contribution in [1.82, 2.24) is 0 Å². The van der Waals surface area contributed by atoms with Crippen molar-refractivity contribution in [1.29, 1.82) is 0 Å². The van der Waals surface area contributed by atoms with Crippen LogP contribution in [0, 0.1) is 0 Å². The predicted molar refractivity (Wildman–Crippen MR) is 41.2 cm³/mol. The molecule has 0 aliphatic rings. The molecule has 0 aromatic rings. The normalized spacial score (nSPS) is 8.56. The molecular formula is C6H9NOS. The fraction of sp³-hybridized carbons (Fsp3) is 0.333. The van der Waals surface area contributed by atoms with Crippen LogP contribution in [0.25, 0.3) is 0 Å². The Labute approximate surface area is 59.7 Å². The molecule has 0 radical (unpaired) electrons. The molecule has 1 amide bonds. The summed E-state index contributed by atoms with van der Waals surface area (Å²) in [5, 5.41) is 0. The second-order valence-corrected chi connectivity index (χ2v) is 2.11. The summed E-state index contributed by atoms with van der Waals surface area (Å²) in [4.78, 5) is 10.9. The van der Waals surface area contributed by atoms with Gasteiger partial charge < -0.3 is 5.73 Å². The molecule has 0 aromatic carbocycles. The van der Waals surface area contributed by atoms with Gasteiger partial charge >= 0.3 is 0 Å². The van der Waals surface area contributed by atoms with Crippen molar-refractivity contribution in [2.24, 2.45) is 5.73 Å². The summed E-state index contributed by atoms with van der Waals surface area (Å²) < 4.78 is 0. The highest BCUT2D eigenvalue weighted by Gasteiger charge is 2.04. The first kappa shape index (κ1) is 8.30. The summed E-state index contributed by atoms with van der Waals surface area (Å²) in [7, 11) is 0. The highest BCUT2D eigenvalue weighted by atomic mass is 32.1. The second-order valence-electron chi connectivity index (χ2n) is 1.62. The van der Waals surface area contributed by atoms with Crippen molar-refractivity contribution in [2.75, 3.05) is 0 Å². The smallest absolute Gasteiger partial charge is 0.249 e. The SMILES string of the molecule is C=C(C(N)=O)C(=S)CC. The minimum atomic E-state index is -0.526. The van der Waals surface area contributed by atoms with Crippen LogP contribution < -0.4 is 5.73 Å². The number of amides is 1. The van der Waals surface area contributed by atoms with Crippen molar-refractivity contribution in [2.45, 2.75) is 13.3 Å². The lowest BCUT2D eigenvalue weighted by atomic mass is 10.2. The van der Waals surface area contributed by atoms with Gasteiger partial charge in [0.1, 0.15) is 0 Å². The lowest BCUT2D eigenvalue weighted by molar-refractivity contribution is -0.114. The number of thiocarbonyl (C=S) groups is 1. The minimum Gasteiger partial charge on any atom is -0.366 e. The van der Waals surface area contributed by atoms with E-state index in [2.05, 4.69) is 6.58 Å². The van der Waals surface area contributed by atoms with Crippen LogP contribution in [0.2, 0.25) is 0 Å². The molecule has 0 saturated heterocycles. The predicted octanol–water partition coefficient (Wildman–Crippen LogP) is 0.808. The van der Waals surface area contributed by atoms with Crippen molar-refractivity contribution in [3.05, 3.63) is 12.2 Å². The van der Waals surface area contributed by atoms with Gasteiger partial charge in [-0.25, -0.2) is 0 Å². The Morgan fingerprint density at radius 3 is 2.33 bits per heavy atom. The Bertz CT molecular complexity index is 162. The summed E-state index contributed by atoms with van der Waals surface area (Å²) in [5.74, 6) is -0.526. The van der Waals surface area contributed by atoms with Gasteiger partial charge in [0.05, 0.1) is 0 Å². The van der Waals surface area contributed by atoms with Crippen LogP contribution in [0.5, 0.6) is 0 Å². The molecule has 9 heavy (non-hydrogen) atoms. The lowest BCUT2D eigenvalue weighted by Gasteiger charge is -1.97. The molecule has 0 unspecified atom stereocenters. The summed E-state index contributed by atoms with van der Waals surface area (Å²) in [6.07, 6.45) is 0.650. The summed E-state index contributed by atoms with van der Waals surface area (Å²) in [6, 6.07) is 0. The Morgan fingerprint density at radius 1 is 1.78 bits per heavy atom. The number of carbonyl (C=O) groups excluding carboxylic acids is 1. The van der Waals surface area contributed by atoms with Gasteiger partial charge in [0.25, 0.3) is 0 Å². The Morgan fingerprint density at radius 2 is 2.22 bits per heavy atom. The molecule has 0 aliphatic heterocycles. The van der Waals surface area contributed by atoms with E-state index < -0.39 is 5.91 Å². The zero-order valence-corrected chi connectivity index (χ0v) is 6.12. The van der Waals surface area contributed by atoms with E-state index in [1.807, 2.05) is 6.92 Å². The van der Waals surface area contributed by atoms with Crippen LogP contribution in [-0.2, 0) is 4.79 Å². The van der Waals surface area contributed by atoms with Crippen molar-refractivity contribution in [3.63, 3.8) is 0 Å². The minimum absolute atomic E-state index is 0.257. The van der Waals surface area contributed by atoms with Gasteiger partial charge in [0.2, 0.25) is 5.91 Å². The maximum Gasteiger partial charge on any atom is 0.249 e. The molecule has 0 aliphatic carbocycles. The maximum absolute atomic E-state index is 10.3. The molecular weight excluding hydrogens is 134 g/mol. The van der Waals surface area contributed by atoms with Crippen LogP contribution in [0.15, 0.2) is 12.2 Å². The van der Waals surface area contributed by atoms with E-state index in [0.717, 1.165) is 0 Å². The zero-order valence-electron chi connectivity index (χ0n) is 5.31. The summed E-state index contributed by atoms with van der Waals surface area (Å²) in [6.45, 7) is 5.27. The monoisotopic (exact) mass is 143 g/mol. The van der Waals surface area contributed by atoms with E-state index in [1.54, 1.807) is 0 Å². The van der Waals surface area contributed by atoms with Crippen molar-refractivity contribution in [3.8, 4) is 0 Å². The lowest BCUT2D eigenvalue weighted by Crippen LogP contribution is -2.17. The van der Waals surface area contributed by atoms with Crippen LogP contribution in [0.4, 0.5) is 0 Å². The molecule has 0 aromatic heterocycles. The molecule has 0 spiro atoms. The highest BCUT2D eigenvalue weighted by Crippen LogP contribution is 1.97. The average molecular weight is 143 g/mol. The van der Waals surface area contributed by atoms with Crippen LogP contribution in [-0.4, -0.2) is 10.8 Å². The standard InChI is InChI=1S/C6H9NOS/c1-3-5(9)4(2)6(7)8/h2-3H2,1H3,(H2,7,8). The van der Waals surface area contributed by atoms with Gasteiger partial charge in [-0.3, -0.25) is 4.79 Å². The van der Waals surface area contributed by atoms with E-state index in [9.17, 15) is 4.79 Å². The van der Waals surface area contributed by atoms with Crippen LogP contribution in [0.1, 0.15) is 13.3 Å². The molecule has 2 nitrogen and oxygen atoms in total. The molecule has 50 valence electrons. The van der Waals surface area contributed by atoms with Gasteiger partial charge in [0, 0.05) is 10.4 Å². The van der Waals surface area contributed by atoms with Crippen molar-refractivity contribution >= 4 is 23.0 Å². The Kier molecular flexibility index (Phi) is 3.09. The molecule has 3 heteroatoms. The first-order valence-corrected chi connectivity index (χ1v) is 3.02. The number of rotatable bonds is 3. The average Bonchev–Trinajstić information content (AvgIpc) is 1.84. The fourth-order valence-electron chi connectivity index (χ4n) is 0.351. The second kappa shape index (κ2) is 3.35. The van der Waals surface area contributed by atoms with Gasteiger partial charge in [-0.05, 0) is 6.42 Å². The molecule has 0 rings (SSSR count). The van der Waals surface area contributed by atoms with E-state index in [-0.39, 0.29) is 5.57 Å². The van der Waals surface area contributed by atoms with E-state index in [1.165, 1.54) is 0 Å². The van der Waals surface area contributed by atoms with Gasteiger partial charge in [0.15, 0.2) is 0 Å². The van der Waals surface area contributed by atoms with Gasteiger partial charge in [-0.1, -0.05) is 25.7 Å². The molecule has 0 heterocycles. The number of nitrogens with two attached hydrogens (primary N) is 1. The van der Waals surface area contributed by atoms with E-state index in [0.29, 0.717) is 11.3 Å². The molecule has 0 bridgehead atoms. The highest BCUT2D eigenvalue weighted by molar-refractivity contribution is 7.81. The first-order valence-electron chi connectivity index (χ1n) is 2.61. The fourth-order valence-corrected chi connectivity index (χ4v) is 0.451. The number of hydrogen-bond donors (Lipinski definition) is 1. The quantitative estimate of drug-likeness (QED) is 0.469. The molecule has 0 saturated carbocycles. The number of carbonyl (C=O) groups is 1. The van der Waals surface area contributed by atoms with E-state index >= 15 is 0 Å². The molecule has 2 N–H and O–H groups in total. The first-order chi connectivity index (χ1) is 4.09. The van der Waals surface area contributed by atoms with Crippen LogP contribution in [0.3, 0.4) is 0 Å². The third kappa shape index (κ3) is 2.37. The number of primary amides is 1. The van der Waals surface area contributed by atoms with E-state index in [4.69, 9.17) is 18.0 Å². The van der Waals surface area contributed by atoms with Gasteiger partial charge in [-0.2, -0.15) is 0 Å². The van der Waals surface area contributed by atoms with Gasteiger partial charge in [-0.15, -0.1) is 0 Å². The Hall–Kier alpha value is -0.700. The summed E-state index contributed by atoms with van der Waals surface area (Å²) in [5.41, 5.74) is 5.14. The Balaban J connectivity index is 4.05. The molecule has 0 fully saturated rings. The maximum atomic E-state index is 10.3. The topological polar surface area (TPSA) is 43.1 Å². The zero-order chi connectivity index (χ0) is 7.44. The number of hydrogen-bond acceptors (Lipinski definition) is 2.